The van der Waals surface area contributed by atoms with Gasteiger partial charge in [0, 0.05) is 19.0 Å². The number of allylic oxidation sites excluding steroid dienone is 1. The molecule has 0 bridgehead atoms. The average Bonchev–Trinajstić information content (AvgIpc) is 3.37. The van der Waals surface area contributed by atoms with Crippen LogP contribution in [-0.4, -0.2) is 37.2 Å². The maximum atomic E-state index is 12.9. The third-order valence-corrected chi connectivity index (χ3v) is 5.01. The van der Waals surface area contributed by atoms with Gasteiger partial charge in [-0.1, -0.05) is 12.1 Å². The van der Waals surface area contributed by atoms with Crippen molar-refractivity contribution in [1.29, 1.82) is 0 Å². The van der Waals surface area contributed by atoms with E-state index in [0.717, 1.165) is 11.1 Å². The van der Waals surface area contributed by atoms with Crippen molar-refractivity contribution in [3.8, 4) is 23.0 Å². The number of piperidine rings is 1. The minimum atomic E-state index is -0.214. The smallest absolute Gasteiger partial charge is 0.254 e. The monoisotopic (exact) mass is 391 g/mol. The molecule has 0 saturated carbocycles. The molecule has 2 aromatic rings. The summed E-state index contributed by atoms with van der Waals surface area (Å²) in [5, 5.41) is 0. The summed E-state index contributed by atoms with van der Waals surface area (Å²) < 4.78 is 21.3. The van der Waals surface area contributed by atoms with E-state index in [0.29, 0.717) is 34.3 Å². The fourth-order valence-electron chi connectivity index (χ4n) is 3.51. The molecule has 1 amide bonds. The largest absolute Gasteiger partial charge is 0.454 e. The molecule has 0 atom stereocenters. The van der Waals surface area contributed by atoms with E-state index in [4.69, 9.17) is 18.9 Å². The number of rotatable bonds is 2. The van der Waals surface area contributed by atoms with Crippen LogP contribution in [0.5, 0.6) is 23.0 Å². The number of likely N-dealkylation sites (N-methyl/N-ethyl adjacent to an activating group) is 1. The van der Waals surface area contributed by atoms with Crippen LogP contribution in [0.2, 0.25) is 0 Å². The highest BCUT2D eigenvalue weighted by Gasteiger charge is 2.31. The van der Waals surface area contributed by atoms with E-state index in [2.05, 4.69) is 0 Å². The van der Waals surface area contributed by atoms with Crippen LogP contribution < -0.4 is 18.9 Å². The van der Waals surface area contributed by atoms with Gasteiger partial charge in [0.25, 0.3) is 5.91 Å². The number of ketones is 1. The van der Waals surface area contributed by atoms with Crippen molar-refractivity contribution in [2.75, 3.05) is 20.6 Å². The number of Topliss-reactive ketones (excluding diaryl/α,β-unsaturated/α-hetero) is 1. The van der Waals surface area contributed by atoms with E-state index in [9.17, 15) is 9.59 Å². The molecule has 1 saturated heterocycles. The highest BCUT2D eigenvalue weighted by atomic mass is 16.7. The Morgan fingerprint density at radius 1 is 0.793 bits per heavy atom. The van der Waals surface area contributed by atoms with Crippen molar-refractivity contribution in [1.82, 2.24) is 4.90 Å². The van der Waals surface area contributed by atoms with Crippen LogP contribution >= 0.6 is 0 Å². The lowest BCUT2D eigenvalue weighted by atomic mass is 9.96. The number of nitrogens with zero attached hydrogens (tertiary/aromatic N) is 1. The third kappa shape index (κ3) is 3.10. The first-order valence-electron chi connectivity index (χ1n) is 9.11. The standard InChI is InChI=1S/C22H17NO6/c1-23-16(7-14-3-5-19-21(9-14)29-12-27-19)17(24)10-15(22(23)25)6-13-2-4-18-20(8-13)28-11-26-18/h2-9H,10-12H2,1H3/b15-6-,16-7+. The Kier molecular flexibility index (Phi) is 4.01. The van der Waals surface area contributed by atoms with Crippen molar-refractivity contribution >= 4 is 23.8 Å². The van der Waals surface area contributed by atoms with E-state index in [1.165, 1.54) is 4.90 Å². The van der Waals surface area contributed by atoms with Crippen LogP contribution in [0, 0.1) is 0 Å². The number of likely N-dealkylation sites (tertiary alicyclic amines) is 1. The second-order valence-electron chi connectivity index (χ2n) is 6.89. The summed E-state index contributed by atoms with van der Waals surface area (Å²) in [6, 6.07) is 10.8. The molecule has 146 valence electrons. The highest BCUT2D eigenvalue weighted by Crippen LogP contribution is 2.35. The minimum absolute atomic E-state index is 0.0357. The van der Waals surface area contributed by atoms with E-state index in [1.807, 2.05) is 12.1 Å². The van der Waals surface area contributed by atoms with Crippen LogP contribution in [0.4, 0.5) is 0 Å². The Morgan fingerprint density at radius 3 is 1.97 bits per heavy atom. The molecule has 0 unspecified atom stereocenters. The second kappa shape index (κ2) is 6.70. The van der Waals surface area contributed by atoms with Gasteiger partial charge in [0.1, 0.15) is 0 Å². The molecule has 0 N–H and O–H groups in total. The summed E-state index contributed by atoms with van der Waals surface area (Å²) in [5.41, 5.74) is 2.32. The van der Waals surface area contributed by atoms with Gasteiger partial charge in [0.2, 0.25) is 13.6 Å². The molecule has 0 aliphatic carbocycles. The van der Waals surface area contributed by atoms with Gasteiger partial charge in [0.15, 0.2) is 28.8 Å². The Hall–Kier alpha value is -3.74. The Balaban J connectivity index is 1.42. The molecular weight excluding hydrogens is 374 g/mol. The van der Waals surface area contributed by atoms with Gasteiger partial charge in [0.05, 0.1) is 5.70 Å². The maximum absolute atomic E-state index is 12.9. The molecule has 5 rings (SSSR count). The molecule has 0 aromatic heterocycles. The zero-order valence-electron chi connectivity index (χ0n) is 15.6. The Morgan fingerprint density at radius 2 is 1.34 bits per heavy atom. The number of amides is 1. The topological polar surface area (TPSA) is 74.3 Å². The zero-order chi connectivity index (χ0) is 20.0. The summed E-state index contributed by atoms with van der Waals surface area (Å²) in [4.78, 5) is 27.0. The number of hydrogen-bond donors (Lipinski definition) is 0. The summed E-state index contributed by atoms with van der Waals surface area (Å²) in [5.74, 6) is 2.25. The van der Waals surface area contributed by atoms with Crippen molar-refractivity contribution in [3.05, 3.63) is 58.8 Å². The third-order valence-electron chi connectivity index (χ3n) is 5.01. The van der Waals surface area contributed by atoms with Crippen molar-refractivity contribution in [3.63, 3.8) is 0 Å². The number of ether oxygens (including phenoxy) is 4. The average molecular weight is 391 g/mol. The number of hydrogen-bond acceptors (Lipinski definition) is 6. The Bertz CT molecular complexity index is 1100. The van der Waals surface area contributed by atoms with Gasteiger partial charge in [-0.3, -0.25) is 9.59 Å². The molecule has 29 heavy (non-hydrogen) atoms. The Labute approximate surface area is 166 Å². The minimum Gasteiger partial charge on any atom is -0.454 e. The fourth-order valence-corrected chi connectivity index (χ4v) is 3.51. The number of fused-ring (bicyclic) bond motifs is 2. The fraction of sp³-hybridized carbons (Fsp3) is 0.182. The second-order valence-corrected chi connectivity index (χ2v) is 6.89. The lowest BCUT2D eigenvalue weighted by Gasteiger charge is -2.26. The summed E-state index contributed by atoms with van der Waals surface area (Å²) >= 11 is 0. The number of carbonyl (C=O) groups is 2. The molecule has 1 fully saturated rings. The van der Waals surface area contributed by atoms with Crippen molar-refractivity contribution < 1.29 is 28.5 Å². The zero-order valence-corrected chi connectivity index (χ0v) is 15.6. The summed E-state index contributed by atoms with van der Waals surface area (Å²) in [6.07, 6.45) is 3.45. The molecule has 2 aromatic carbocycles. The number of carbonyl (C=O) groups excluding carboxylic acids is 2. The van der Waals surface area contributed by atoms with Gasteiger partial charge in [-0.15, -0.1) is 0 Å². The lowest BCUT2D eigenvalue weighted by Crippen LogP contribution is -2.36. The van der Waals surface area contributed by atoms with Crippen LogP contribution in [0.25, 0.3) is 12.2 Å². The SMILES string of the molecule is CN1C(=O)/C(=C\c2ccc3c(c2)OCO3)CC(=O)/C1=C\c1ccc2c(c1)OCO2. The van der Waals surface area contributed by atoms with E-state index < -0.39 is 0 Å². The van der Waals surface area contributed by atoms with Crippen LogP contribution in [0.1, 0.15) is 17.5 Å². The molecule has 3 aliphatic heterocycles. The first-order chi connectivity index (χ1) is 14.1. The molecule has 7 heteroatoms. The molecule has 3 heterocycles. The predicted octanol–water partition coefficient (Wildman–Crippen LogP) is 3.00. The highest BCUT2D eigenvalue weighted by molar-refractivity contribution is 6.15. The summed E-state index contributed by atoms with van der Waals surface area (Å²) in [7, 11) is 1.60. The van der Waals surface area contributed by atoms with E-state index >= 15 is 0 Å². The quantitative estimate of drug-likeness (QED) is 0.733. The van der Waals surface area contributed by atoms with E-state index in [1.54, 1.807) is 43.5 Å². The first-order valence-corrected chi connectivity index (χ1v) is 9.11. The van der Waals surface area contributed by atoms with Gasteiger partial charge in [-0.05, 0) is 47.5 Å². The van der Waals surface area contributed by atoms with Crippen LogP contribution in [-0.2, 0) is 9.59 Å². The first kappa shape index (κ1) is 17.4. The van der Waals surface area contributed by atoms with Crippen molar-refractivity contribution in [2.45, 2.75) is 6.42 Å². The molecule has 0 spiro atoms. The van der Waals surface area contributed by atoms with Gasteiger partial charge in [-0.2, -0.15) is 0 Å². The molecular formula is C22H17NO6. The van der Waals surface area contributed by atoms with Gasteiger partial charge >= 0.3 is 0 Å². The normalized spacial score (nSPS) is 20.1. The molecule has 0 radical (unpaired) electrons. The van der Waals surface area contributed by atoms with Crippen molar-refractivity contribution in [2.24, 2.45) is 0 Å². The maximum Gasteiger partial charge on any atom is 0.254 e. The predicted molar refractivity (Wildman–Crippen MR) is 103 cm³/mol. The lowest BCUT2D eigenvalue weighted by molar-refractivity contribution is -0.130. The van der Waals surface area contributed by atoms with Crippen LogP contribution in [0.3, 0.4) is 0 Å². The molecule has 7 nitrogen and oxygen atoms in total. The van der Waals surface area contributed by atoms with Gasteiger partial charge < -0.3 is 23.8 Å². The summed E-state index contributed by atoms with van der Waals surface area (Å²) in [6.45, 7) is 0.365. The van der Waals surface area contributed by atoms with E-state index in [-0.39, 0.29) is 31.7 Å². The number of benzene rings is 2. The molecule has 3 aliphatic rings. The van der Waals surface area contributed by atoms with Gasteiger partial charge in [-0.25, -0.2) is 0 Å². The van der Waals surface area contributed by atoms with Crippen LogP contribution in [0.15, 0.2) is 47.7 Å².